The highest BCUT2D eigenvalue weighted by Crippen LogP contribution is 2.25. The molecule has 2 rings (SSSR count). The fraction of sp³-hybridized carbons (Fsp3) is 0.368. The molecule has 0 fully saturated rings. The summed E-state index contributed by atoms with van der Waals surface area (Å²) >= 11 is 0. The minimum absolute atomic E-state index is 0.250. The second-order valence-corrected chi connectivity index (χ2v) is 6.12. The van der Waals surface area contributed by atoms with Crippen LogP contribution in [0, 0.1) is 20.8 Å². The highest BCUT2D eigenvalue weighted by Gasteiger charge is 2.25. The van der Waals surface area contributed by atoms with Crippen molar-refractivity contribution in [3.63, 3.8) is 0 Å². The number of hydrogen-bond acceptors (Lipinski definition) is 4. The minimum Gasteiger partial charge on any atom is -0.450 e. The van der Waals surface area contributed by atoms with Crippen LogP contribution in [0.2, 0.25) is 0 Å². The summed E-state index contributed by atoms with van der Waals surface area (Å²) in [5.41, 5.74) is 3.87. The number of benzene rings is 1. The van der Waals surface area contributed by atoms with Crippen LogP contribution >= 0.6 is 0 Å². The standard InChI is InChI=1S/C19H23NO4/c1-10-6-8-15(9-7-10)18(22)14(5)24-19(23)17-11(2)16(13(4)21)12(3)20-17/h6-9,13-14,20-21H,1-5H3/t13-,14-/m1/s1. The number of Topliss-reactive ketones (excluding diaryl/α,β-unsaturated/α-hetero) is 1. The van der Waals surface area contributed by atoms with Gasteiger partial charge in [0.05, 0.1) is 6.10 Å². The molecule has 0 aliphatic rings. The van der Waals surface area contributed by atoms with Crippen LogP contribution < -0.4 is 0 Å². The number of ketones is 1. The number of carbonyl (C=O) groups excluding carboxylic acids is 2. The third kappa shape index (κ3) is 3.57. The molecule has 0 aliphatic heterocycles. The third-order valence-corrected chi connectivity index (χ3v) is 4.11. The van der Waals surface area contributed by atoms with Crippen molar-refractivity contribution >= 4 is 11.8 Å². The molecule has 1 aromatic heterocycles. The van der Waals surface area contributed by atoms with Gasteiger partial charge in [-0.25, -0.2) is 4.79 Å². The van der Waals surface area contributed by atoms with Crippen molar-refractivity contribution in [3.8, 4) is 0 Å². The molecule has 0 unspecified atom stereocenters. The fourth-order valence-electron chi connectivity index (χ4n) is 2.82. The molecule has 0 radical (unpaired) electrons. The Bertz CT molecular complexity index is 756. The second kappa shape index (κ2) is 7.01. The zero-order valence-electron chi connectivity index (χ0n) is 14.6. The average molecular weight is 329 g/mol. The Morgan fingerprint density at radius 3 is 2.17 bits per heavy atom. The van der Waals surface area contributed by atoms with Crippen LogP contribution in [0.5, 0.6) is 0 Å². The minimum atomic E-state index is -0.891. The number of aryl methyl sites for hydroxylation is 2. The molecule has 0 spiro atoms. The normalized spacial score (nSPS) is 13.4. The molecule has 0 bridgehead atoms. The van der Waals surface area contributed by atoms with Gasteiger partial charge in [-0.3, -0.25) is 4.79 Å². The van der Waals surface area contributed by atoms with Crippen LogP contribution in [0.25, 0.3) is 0 Å². The van der Waals surface area contributed by atoms with Crippen molar-refractivity contribution in [2.75, 3.05) is 0 Å². The van der Waals surface area contributed by atoms with E-state index >= 15 is 0 Å². The Morgan fingerprint density at radius 2 is 1.67 bits per heavy atom. The van der Waals surface area contributed by atoms with Crippen LogP contribution in [0.1, 0.15) is 63.2 Å². The number of hydrogen-bond donors (Lipinski definition) is 2. The van der Waals surface area contributed by atoms with Crippen molar-refractivity contribution in [1.29, 1.82) is 0 Å². The van der Waals surface area contributed by atoms with Crippen LogP contribution in [0.15, 0.2) is 24.3 Å². The van der Waals surface area contributed by atoms with Gasteiger partial charge in [-0.15, -0.1) is 0 Å². The molecule has 128 valence electrons. The average Bonchev–Trinajstić information content (AvgIpc) is 2.82. The zero-order valence-corrected chi connectivity index (χ0v) is 14.6. The highest BCUT2D eigenvalue weighted by atomic mass is 16.5. The number of aromatic nitrogens is 1. The molecule has 2 N–H and O–H groups in total. The van der Waals surface area contributed by atoms with Crippen molar-refractivity contribution in [1.82, 2.24) is 4.98 Å². The van der Waals surface area contributed by atoms with E-state index in [4.69, 9.17) is 4.74 Å². The number of H-pyrrole nitrogens is 1. The summed E-state index contributed by atoms with van der Waals surface area (Å²) in [6.07, 6.45) is -1.58. The van der Waals surface area contributed by atoms with Crippen LogP contribution in [0.3, 0.4) is 0 Å². The summed E-state index contributed by atoms with van der Waals surface area (Å²) in [4.78, 5) is 27.7. The van der Waals surface area contributed by atoms with Gasteiger partial charge in [-0.1, -0.05) is 29.8 Å². The lowest BCUT2D eigenvalue weighted by Gasteiger charge is -2.12. The summed E-state index contributed by atoms with van der Waals surface area (Å²) in [6.45, 7) is 8.66. The summed E-state index contributed by atoms with van der Waals surface area (Å²) in [7, 11) is 0. The van der Waals surface area contributed by atoms with E-state index in [-0.39, 0.29) is 11.5 Å². The van der Waals surface area contributed by atoms with Crippen molar-refractivity contribution in [2.45, 2.75) is 46.8 Å². The lowest BCUT2D eigenvalue weighted by molar-refractivity contribution is 0.0313. The molecular weight excluding hydrogens is 306 g/mol. The summed E-state index contributed by atoms with van der Waals surface area (Å²) in [5, 5.41) is 9.80. The Balaban J connectivity index is 2.16. The maximum absolute atomic E-state index is 12.4. The quantitative estimate of drug-likeness (QED) is 0.651. The number of aliphatic hydroxyl groups is 1. The number of carbonyl (C=O) groups is 2. The van der Waals surface area contributed by atoms with E-state index in [1.54, 1.807) is 39.8 Å². The zero-order chi connectivity index (χ0) is 18.0. The van der Waals surface area contributed by atoms with Crippen LogP contribution in [-0.2, 0) is 4.74 Å². The predicted molar refractivity (Wildman–Crippen MR) is 91.3 cm³/mol. The molecule has 0 saturated carbocycles. The number of rotatable bonds is 5. The van der Waals surface area contributed by atoms with Gasteiger partial charge in [0.25, 0.3) is 0 Å². The first-order valence-corrected chi connectivity index (χ1v) is 7.91. The van der Waals surface area contributed by atoms with Gasteiger partial charge in [0, 0.05) is 16.8 Å². The van der Waals surface area contributed by atoms with Gasteiger partial charge in [0.2, 0.25) is 5.78 Å². The Morgan fingerprint density at radius 1 is 1.08 bits per heavy atom. The van der Waals surface area contributed by atoms with E-state index in [9.17, 15) is 14.7 Å². The topological polar surface area (TPSA) is 79.4 Å². The molecule has 2 atom stereocenters. The molecule has 0 amide bonds. The van der Waals surface area contributed by atoms with E-state index in [1.165, 1.54) is 0 Å². The molecule has 0 aliphatic carbocycles. The predicted octanol–water partition coefficient (Wildman–Crippen LogP) is 3.42. The first-order valence-electron chi connectivity index (χ1n) is 7.91. The van der Waals surface area contributed by atoms with Gasteiger partial charge < -0.3 is 14.8 Å². The summed E-state index contributed by atoms with van der Waals surface area (Å²) in [6, 6.07) is 7.12. The maximum atomic E-state index is 12.4. The van der Waals surface area contributed by atoms with E-state index < -0.39 is 18.2 Å². The Labute approximate surface area is 141 Å². The maximum Gasteiger partial charge on any atom is 0.355 e. The van der Waals surface area contributed by atoms with E-state index in [0.717, 1.165) is 5.56 Å². The largest absolute Gasteiger partial charge is 0.450 e. The van der Waals surface area contributed by atoms with E-state index in [0.29, 0.717) is 22.4 Å². The van der Waals surface area contributed by atoms with Gasteiger partial charge >= 0.3 is 5.97 Å². The van der Waals surface area contributed by atoms with E-state index in [1.807, 2.05) is 19.1 Å². The molecule has 0 saturated heterocycles. The fourth-order valence-corrected chi connectivity index (χ4v) is 2.82. The second-order valence-electron chi connectivity index (χ2n) is 6.12. The van der Waals surface area contributed by atoms with Crippen molar-refractivity contribution < 1.29 is 19.4 Å². The number of nitrogens with one attached hydrogen (secondary N) is 1. The molecule has 1 aromatic carbocycles. The highest BCUT2D eigenvalue weighted by molar-refractivity contribution is 6.01. The summed E-state index contributed by atoms with van der Waals surface area (Å²) < 4.78 is 5.31. The van der Waals surface area contributed by atoms with Gasteiger partial charge in [0.15, 0.2) is 6.10 Å². The lowest BCUT2D eigenvalue weighted by atomic mass is 10.0. The van der Waals surface area contributed by atoms with Gasteiger partial charge in [0.1, 0.15) is 5.69 Å². The molecule has 2 aromatic rings. The Kier molecular flexibility index (Phi) is 5.24. The molecule has 1 heterocycles. The Hall–Kier alpha value is -2.40. The van der Waals surface area contributed by atoms with E-state index in [2.05, 4.69) is 4.98 Å². The lowest BCUT2D eigenvalue weighted by Crippen LogP contribution is -2.25. The van der Waals surface area contributed by atoms with Crippen molar-refractivity contribution in [3.05, 3.63) is 57.9 Å². The number of esters is 1. The molecular formula is C19H23NO4. The smallest absolute Gasteiger partial charge is 0.355 e. The van der Waals surface area contributed by atoms with Crippen molar-refractivity contribution in [2.24, 2.45) is 0 Å². The molecule has 24 heavy (non-hydrogen) atoms. The molecule has 5 nitrogen and oxygen atoms in total. The first kappa shape index (κ1) is 17.9. The summed E-state index contributed by atoms with van der Waals surface area (Å²) in [5.74, 6) is -0.851. The van der Waals surface area contributed by atoms with Gasteiger partial charge in [-0.05, 0) is 40.2 Å². The van der Waals surface area contributed by atoms with Crippen LogP contribution in [0.4, 0.5) is 0 Å². The third-order valence-electron chi connectivity index (χ3n) is 4.11. The van der Waals surface area contributed by atoms with Crippen LogP contribution in [-0.4, -0.2) is 27.9 Å². The SMILES string of the molecule is Cc1ccc(C(=O)[C@@H](C)OC(=O)c2[nH]c(C)c([C@@H](C)O)c2C)cc1. The number of ether oxygens (including phenoxy) is 1. The first-order chi connectivity index (χ1) is 11.2. The molecule has 5 heteroatoms. The van der Waals surface area contributed by atoms with Gasteiger partial charge in [-0.2, -0.15) is 0 Å². The monoisotopic (exact) mass is 329 g/mol. The number of aliphatic hydroxyl groups excluding tert-OH is 1. The number of aromatic amines is 1.